The van der Waals surface area contributed by atoms with E-state index >= 15 is 0 Å². The minimum absolute atomic E-state index is 0.0349. The van der Waals surface area contributed by atoms with Crippen LogP contribution in [0.5, 0.6) is 11.5 Å². The molecule has 0 fully saturated rings. The number of nitrogens with one attached hydrogen (secondary N) is 3. The quantitative estimate of drug-likeness (QED) is 0.146. The number of nitrogens with zero attached hydrogens (tertiary/aromatic N) is 2. The zero-order valence-corrected chi connectivity index (χ0v) is 19.5. The summed E-state index contributed by atoms with van der Waals surface area (Å²) in [5.41, 5.74) is 2.58. The lowest BCUT2D eigenvalue weighted by Crippen LogP contribution is -2.25. The van der Waals surface area contributed by atoms with Crippen molar-refractivity contribution in [3.63, 3.8) is 0 Å². The molecule has 0 aliphatic rings. The predicted octanol–water partition coefficient (Wildman–Crippen LogP) is 2.56. The molecule has 2 aromatic carbocycles. The number of phenols is 2. The van der Waals surface area contributed by atoms with Crippen LogP contribution in [0.3, 0.4) is 0 Å². The van der Waals surface area contributed by atoms with Crippen molar-refractivity contribution in [2.75, 3.05) is 6.54 Å². The van der Waals surface area contributed by atoms with Gasteiger partial charge in [0.15, 0.2) is 5.82 Å². The van der Waals surface area contributed by atoms with Crippen LogP contribution < -0.4 is 16.5 Å². The van der Waals surface area contributed by atoms with E-state index in [1.165, 1.54) is 10.6 Å². The Morgan fingerprint density at radius 3 is 2.57 bits per heavy atom. The van der Waals surface area contributed by atoms with Crippen LogP contribution in [0.2, 0.25) is 0 Å². The number of carbonyl (C=O) groups excluding carboxylic acids is 2. The average molecular weight is 484 g/mol. The molecule has 3 rings (SSSR count). The van der Waals surface area contributed by atoms with Crippen LogP contribution >= 0.6 is 0 Å². The topological polar surface area (TPSA) is 170 Å². The molecule has 11 nitrogen and oxygen atoms in total. The van der Waals surface area contributed by atoms with E-state index in [1.807, 2.05) is 13.8 Å². The Balaban J connectivity index is 1.79. The normalized spacial score (nSPS) is 11.0. The van der Waals surface area contributed by atoms with Gasteiger partial charge in [-0.05, 0) is 48.6 Å². The van der Waals surface area contributed by atoms with Crippen LogP contribution in [0, 0.1) is 0 Å². The standard InChI is InChI=1S/C24H29N5O6/c1-14(2)17-12-18(20(31)13-19(17)30)22-26-27-24(34)29(22)16-8-6-7-15(11-16)23(33)25-10-5-3-4-9-21(32)28-35/h6-8,11-14,30-31,35H,3-5,9-10H2,1-2H3,(H,25,33)(H,27,34)(H,28,32). The summed E-state index contributed by atoms with van der Waals surface area (Å²) in [6.45, 7) is 4.18. The van der Waals surface area contributed by atoms with Gasteiger partial charge in [0.1, 0.15) is 11.5 Å². The zero-order chi connectivity index (χ0) is 25.5. The SMILES string of the molecule is CC(C)c1cc(-c2n[nH]c(=O)n2-c2cccc(C(=O)NCCCCCC(=O)NO)c2)c(O)cc1O. The molecule has 0 unspecified atom stereocenters. The van der Waals surface area contributed by atoms with Crippen LogP contribution in [0.4, 0.5) is 0 Å². The molecule has 0 saturated carbocycles. The first-order valence-electron chi connectivity index (χ1n) is 11.3. The van der Waals surface area contributed by atoms with Gasteiger partial charge in [-0.25, -0.2) is 19.9 Å². The maximum atomic E-state index is 12.6. The number of unbranched alkanes of at least 4 members (excludes halogenated alkanes) is 2. The maximum absolute atomic E-state index is 12.6. The van der Waals surface area contributed by atoms with Gasteiger partial charge in [-0.15, -0.1) is 0 Å². The van der Waals surface area contributed by atoms with Crippen LogP contribution in [0.15, 0.2) is 41.2 Å². The number of hydroxylamine groups is 1. The molecule has 3 aromatic rings. The number of aromatic nitrogens is 3. The lowest BCUT2D eigenvalue weighted by Gasteiger charge is -2.13. The summed E-state index contributed by atoms with van der Waals surface area (Å²) in [7, 11) is 0. The summed E-state index contributed by atoms with van der Waals surface area (Å²) in [5, 5.41) is 38.3. The molecule has 2 amide bonds. The van der Waals surface area contributed by atoms with E-state index < -0.39 is 11.6 Å². The number of aromatic hydroxyl groups is 2. The molecule has 35 heavy (non-hydrogen) atoms. The lowest BCUT2D eigenvalue weighted by atomic mass is 9.98. The predicted molar refractivity (Wildman–Crippen MR) is 128 cm³/mol. The first kappa shape index (κ1) is 25.5. The van der Waals surface area contributed by atoms with Crippen molar-refractivity contribution in [2.24, 2.45) is 0 Å². The molecule has 0 atom stereocenters. The summed E-state index contributed by atoms with van der Waals surface area (Å²) < 4.78 is 1.25. The molecule has 0 aliphatic carbocycles. The van der Waals surface area contributed by atoms with Crippen LogP contribution in [0.1, 0.15) is 61.4 Å². The van der Waals surface area contributed by atoms with Crippen molar-refractivity contribution in [1.29, 1.82) is 0 Å². The van der Waals surface area contributed by atoms with Gasteiger partial charge in [0.05, 0.1) is 11.3 Å². The molecule has 11 heteroatoms. The fourth-order valence-electron chi connectivity index (χ4n) is 3.69. The van der Waals surface area contributed by atoms with E-state index in [2.05, 4.69) is 15.5 Å². The largest absolute Gasteiger partial charge is 0.508 e. The highest BCUT2D eigenvalue weighted by Crippen LogP contribution is 2.37. The highest BCUT2D eigenvalue weighted by molar-refractivity contribution is 5.94. The Bertz CT molecular complexity index is 1260. The molecular formula is C24H29N5O6. The third kappa shape index (κ3) is 6.07. The van der Waals surface area contributed by atoms with E-state index in [0.29, 0.717) is 42.6 Å². The highest BCUT2D eigenvalue weighted by Gasteiger charge is 2.20. The Hall–Kier alpha value is -4.12. The summed E-state index contributed by atoms with van der Waals surface area (Å²) in [5.74, 6) is -0.960. The monoisotopic (exact) mass is 483 g/mol. The number of carbonyl (C=O) groups is 2. The number of hydrogen-bond acceptors (Lipinski definition) is 7. The fraction of sp³-hybridized carbons (Fsp3) is 0.333. The Morgan fingerprint density at radius 1 is 1.09 bits per heavy atom. The van der Waals surface area contributed by atoms with Crippen molar-refractivity contribution in [2.45, 2.75) is 45.4 Å². The minimum atomic E-state index is -0.553. The molecule has 0 saturated heterocycles. The number of hydrogen-bond donors (Lipinski definition) is 6. The van der Waals surface area contributed by atoms with Crippen LogP contribution in [-0.4, -0.2) is 48.5 Å². The Morgan fingerprint density at radius 2 is 1.86 bits per heavy atom. The molecular weight excluding hydrogens is 454 g/mol. The second-order valence-corrected chi connectivity index (χ2v) is 8.42. The van der Waals surface area contributed by atoms with Gasteiger partial charge < -0.3 is 15.5 Å². The van der Waals surface area contributed by atoms with E-state index in [4.69, 9.17) is 5.21 Å². The van der Waals surface area contributed by atoms with E-state index in [1.54, 1.807) is 35.8 Å². The van der Waals surface area contributed by atoms with E-state index in [0.717, 1.165) is 0 Å². The molecule has 0 aliphatic heterocycles. The molecule has 1 aromatic heterocycles. The van der Waals surface area contributed by atoms with Gasteiger partial charge in [0.2, 0.25) is 5.91 Å². The van der Waals surface area contributed by atoms with Gasteiger partial charge in [-0.2, -0.15) is 5.10 Å². The van der Waals surface area contributed by atoms with Gasteiger partial charge in [0, 0.05) is 24.6 Å². The van der Waals surface area contributed by atoms with Crippen LogP contribution in [-0.2, 0) is 4.79 Å². The summed E-state index contributed by atoms with van der Waals surface area (Å²) in [6, 6.07) is 9.24. The van der Waals surface area contributed by atoms with Crippen molar-refractivity contribution in [3.8, 4) is 28.6 Å². The van der Waals surface area contributed by atoms with E-state index in [9.17, 15) is 24.6 Å². The molecule has 0 bridgehead atoms. The Labute approximate surface area is 201 Å². The number of phenolic OH excluding ortho intramolecular Hbond substituents is 2. The van der Waals surface area contributed by atoms with Crippen molar-refractivity contribution < 1.29 is 25.0 Å². The van der Waals surface area contributed by atoms with Gasteiger partial charge >= 0.3 is 5.69 Å². The van der Waals surface area contributed by atoms with Gasteiger partial charge in [0.25, 0.3) is 5.91 Å². The number of H-pyrrole nitrogens is 1. The maximum Gasteiger partial charge on any atom is 0.348 e. The molecule has 6 N–H and O–H groups in total. The summed E-state index contributed by atoms with van der Waals surface area (Å²) in [4.78, 5) is 36.2. The molecule has 0 radical (unpaired) electrons. The average Bonchev–Trinajstić information content (AvgIpc) is 3.21. The smallest absolute Gasteiger partial charge is 0.348 e. The third-order valence-electron chi connectivity index (χ3n) is 5.54. The zero-order valence-electron chi connectivity index (χ0n) is 19.5. The first-order valence-corrected chi connectivity index (χ1v) is 11.3. The number of aromatic amines is 1. The molecule has 1 heterocycles. The third-order valence-corrected chi connectivity index (χ3v) is 5.54. The molecule has 0 spiro atoms. The highest BCUT2D eigenvalue weighted by atomic mass is 16.5. The number of rotatable bonds is 10. The summed E-state index contributed by atoms with van der Waals surface area (Å²) in [6.07, 6.45) is 2.17. The summed E-state index contributed by atoms with van der Waals surface area (Å²) >= 11 is 0. The Kier molecular flexibility index (Phi) is 8.26. The molecule has 186 valence electrons. The minimum Gasteiger partial charge on any atom is -0.508 e. The lowest BCUT2D eigenvalue weighted by molar-refractivity contribution is -0.129. The van der Waals surface area contributed by atoms with Crippen LogP contribution in [0.25, 0.3) is 17.1 Å². The fourth-order valence-corrected chi connectivity index (χ4v) is 3.69. The van der Waals surface area contributed by atoms with Gasteiger partial charge in [-0.3, -0.25) is 14.8 Å². The number of benzene rings is 2. The van der Waals surface area contributed by atoms with Crippen molar-refractivity contribution in [1.82, 2.24) is 25.6 Å². The first-order chi connectivity index (χ1) is 16.7. The van der Waals surface area contributed by atoms with E-state index in [-0.39, 0.29) is 41.1 Å². The number of amides is 2. The second kappa shape index (κ2) is 11.3. The van der Waals surface area contributed by atoms with Crippen molar-refractivity contribution >= 4 is 11.8 Å². The second-order valence-electron chi connectivity index (χ2n) is 8.42. The van der Waals surface area contributed by atoms with Gasteiger partial charge in [-0.1, -0.05) is 26.3 Å². The van der Waals surface area contributed by atoms with Crippen molar-refractivity contribution in [3.05, 3.63) is 58.0 Å².